The fourth-order valence-electron chi connectivity index (χ4n) is 4.91. The van der Waals surface area contributed by atoms with E-state index in [1.165, 1.54) is 53.4 Å². The molecule has 1 fully saturated rings. The van der Waals surface area contributed by atoms with Gasteiger partial charge >= 0.3 is 0 Å². The number of hydrogen-bond acceptors (Lipinski definition) is 4. The van der Waals surface area contributed by atoms with Gasteiger partial charge in [-0.25, -0.2) is 17.2 Å². The van der Waals surface area contributed by atoms with E-state index in [2.05, 4.69) is 5.32 Å². The number of carbonyl (C=O) groups excluding carboxylic acids is 2. The second-order valence-corrected chi connectivity index (χ2v) is 12.3. The van der Waals surface area contributed by atoms with Gasteiger partial charge in [-0.05, 0) is 80.8 Å². The highest BCUT2D eigenvalue weighted by Crippen LogP contribution is 2.25. The summed E-state index contributed by atoms with van der Waals surface area (Å²) < 4.78 is 55.8. The van der Waals surface area contributed by atoms with Crippen molar-refractivity contribution >= 4 is 27.5 Å². The van der Waals surface area contributed by atoms with E-state index < -0.39 is 40.2 Å². The van der Waals surface area contributed by atoms with Crippen molar-refractivity contribution in [2.45, 2.75) is 69.5 Å². The molecule has 1 aliphatic carbocycles. The summed E-state index contributed by atoms with van der Waals surface area (Å²) in [6.07, 6.45) is 4.86. The molecule has 0 aromatic heterocycles. The number of nitrogens with zero attached hydrogens (tertiary/aromatic N) is 2. The van der Waals surface area contributed by atoms with Crippen LogP contribution in [0.5, 0.6) is 0 Å². The Morgan fingerprint density at radius 3 is 2.02 bits per heavy atom. The number of aryl methyl sites for hydroxylation is 1. The lowest BCUT2D eigenvalue weighted by atomic mass is 9.95. The predicted octanol–water partition coefficient (Wildman–Crippen LogP) is 5.33. The van der Waals surface area contributed by atoms with Crippen LogP contribution in [0.15, 0.2) is 77.7 Å². The summed E-state index contributed by atoms with van der Waals surface area (Å²) in [5.41, 5.74) is 1.53. The van der Waals surface area contributed by atoms with Crippen LogP contribution in [0.4, 0.5) is 14.5 Å². The van der Waals surface area contributed by atoms with Gasteiger partial charge < -0.3 is 10.2 Å². The van der Waals surface area contributed by atoms with Crippen LogP contribution >= 0.6 is 0 Å². The van der Waals surface area contributed by atoms with Gasteiger partial charge in [-0.15, -0.1) is 0 Å². The van der Waals surface area contributed by atoms with Crippen molar-refractivity contribution in [2.24, 2.45) is 0 Å². The maximum atomic E-state index is 13.9. The molecule has 2 amide bonds. The van der Waals surface area contributed by atoms with Gasteiger partial charge in [-0.1, -0.05) is 49.1 Å². The molecule has 41 heavy (non-hydrogen) atoms. The summed E-state index contributed by atoms with van der Waals surface area (Å²) in [4.78, 5) is 28.5. The van der Waals surface area contributed by atoms with Crippen molar-refractivity contribution in [1.82, 2.24) is 10.2 Å². The lowest BCUT2D eigenvalue weighted by Crippen LogP contribution is -2.53. The summed E-state index contributed by atoms with van der Waals surface area (Å²) in [6.45, 7) is 2.74. The number of amides is 2. The molecule has 0 unspecified atom stereocenters. The third kappa shape index (κ3) is 7.70. The van der Waals surface area contributed by atoms with Gasteiger partial charge in [-0.3, -0.25) is 13.9 Å². The van der Waals surface area contributed by atoms with Gasteiger partial charge in [0.1, 0.15) is 24.2 Å². The van der Waals surface area contributed by atoms with Crippen LogP contribution in [0.2, 0.25) is 0 Å². The number of halogens is 2. The Morgan fingerprint density at radius 1 is 0.878 bits per heavy atom. The zero-order chi connectivity index (χ0) is 29.6. The number of hydrogen-bond donors (Lipinski definition) is 1. The highest BCUT2D eigenvalue weighted by Gasteiger charge is 2.33. The Labute approximate surface area is 240 Å². The largest absolute Gasteiger partial charge is 0.352 e. The topological polar surface area (TPSA) is 86.8 Å². The highest BCUT2D eigenvalue weighted by molar-refractivity contribution is 7.92. The van der Waals surface area contributed by atoms with Gasteiger partial charge in [-0.2, -0.15) is 0 Å². The molecule has 4 rings (SSSR count). The summed E-state index contributed by atoms with van der Waals surface area (Å²) >= 11 is 0. The SMILES string of the molecule is Cc1ccc(S(=O)(=O)N(CC(=O)N(Cc2ccc(F)cc2)[C@H](C)C(=O)NC2CCCCC2)c2ccc(F)cc2)cc1. The van der Waals surface area contributed by atoms with Crippen molar-refractivity contribution in [3.8, 4) is 0 Å². The molecule has 0 bridgehead atoms. The first-order chi connectivity index (χ1) is 19.5. The van der Waals surface area contributed by atoms with E-state index in [0.717, 1.165) is 54.1 Å². The van der Waals surface area contributed by atoms with E-state index in [1.54, 1.807) is 19.1 Å². The fourth-order valence-corrected chi connectivity index (χ4v) is 6.33. The maximum absolute atomic E-state index is 13.9. The van der Waals surface area contributed by atoms with E-state index in [-0.39, 0.29) is 29.1 Å². The summed E-state index contributed by atoms with van der Waals surface area (Å²) in [6, 6.07) is 15.6. The first kappa shape index (κ1) is 30.2. The quantitative estimate of drug-likeness (QED) is 0.349. The Morgan fingerprint density at radius 2 is 1.44 bits per heavy atom. The monoisotopic (exact) mass is 583 g/mol. The van der Waals surface area contributed by atoms with Gasteiger partial charge in [0.2, 0.25) is 11.8 Å². The summed E-state index contributed by atoms with van der Waals surface area (Å²) in [5.74, 6) is -1.98. The summed E-state index contributed by atoms with van der Waals surface area (Å²) in [7, 11) is -4.25. The van der Waals surface area contributed by atoms with E-state index in [4.69, 9.17) is 0 Å². The third-order valence-electron chi connectivity index (χ3n) is 7.39. The predicted molar refractivity (Wildman–Crippen MR) is 154 cm³/mol. The molecular formula is C31H35F2N3O4S. The van der Waals surface area contributed by atoms with Crippen LogP contribution in [-0.4, -0.2) is 43.8 Å². The highest BCUT2D eigenvalue weighted by atomic mass is 32.2. The minimum atomic E-state index is -4.25. The maximum Gasteiger partial charge on any atom is 0.264 e. The van der Waals surface area contributed by atoms with Crippen LogP contribution in [0, 0.1) is 18.6 Å². The molecule has 1 atom stereocenters. The van der Waals surface area contributed by atoms with Crippen molar-refractivity contribution in [1.29, 1.82) is 0 Å². The van der Waals surface area contributed by atoms with E-state index >= 15 is 0 Å². The molecule has 1 aliphatic rings. The minimum absolute atomic E-state index is 0.0131. The van der Waals surface area contributed by atoms with Crippen molar-refractivity contribution in [3.05, 3.63) is 95.6 Å². The number of sulfonamides is 1. The van der Waals surface area contributed by atoms with Crippen LogP contribution in [0.25, 0.3) is 0 Å². The lowest BCUT2D eigenvalue weighted by molar-refractivity contribution is -0.139. The number of anilines is 1. The second-order valence-electron chi connectivity index (χ2n) is 10.5. The van der Waals surface area contributed by atoms with E-state index in [1.807, 2.05) is 6.92 Å². The Balaban J connectivity index is 1.66. The molecule has 0 spiro atoms. The summed E-state index contributed by atoms with van der Waals surface area (Å²) in [5, 5.41) is 3.04. The van der Waals surface area contributed by atoms with Gasteiger partial charge in [0.15, 0.2) is 0 Å². The number of benzene rings is 3. The Bertz CT molecular complexity index is 1440. The Hall–Kier alpha value is -3.79. The molecule has 3 aromatic rings. The molecule has 218 valence electrons. The van der Waals surface area contributed by atoms with Gasteiger partial charge in [0.25, 0.3) is 10.0 Å². The molecule has 3 aromatic carbocycles. The lowest BCUT2D eigenvalue weighted by Gasteiger charge is -2.33. The van der Waals surface area contributed by atoms with Crippen molar-refractivity contribution < 1.29 is 26.8 Å². The van der Waals surface area contributed by atoms with Crippen LogP contribution in [0.1, 0.15) is 50.2 Å². The first-order valence-corrected chi connectivity index (χ1v) is 15.2. The average molecular weight is 584 g/mol. The molecule has 7 nitrogen and oxygen atoms in total. The zero-order valence-electron chi connectivity index (χ0n) is 23.2. The number of rotatable bonds is 10. The molecule has 0 saturated heterocycles. The van der Waals surface area contributed by atoms with Crippen LogP contribution < -0.4 is 9.62 Å². The normalized spacial score (nSPS) is 14.7. The molecule has 1 N–H and O–H groups in total. The van der Waals surface area contributed by atoms with Gasteiger partial charge in [0, 0.05) is 12.6 Å². The Kier molecular flexibility index (Phi) is 9.75. The smallest absolute Gasteiger partial charge is 0.264 e. The van der Waals surface area contributed by atoms with Gasteiger partial charge in [0.05, 0.1) is 10.6 Å². The molecule has 0 aliphatic heterocycles. The molecule has 1 saturated carbocycles. The number of carbonyl (C=O) groups is 2. The number of nitrogens with one attached hydrogen (secondary N) is 1. The molecule has 10 heteroatoms. The second kappa shape index (κ2) is 13.2. The van der Waals surface area contributed by atoms with Crippen LogP contribution in [-0.2, 0) is 26.2 Å². The van der Waals surface area contributed by atoms with Crippen molar-refractivity contribution in [2.75, 3.05) is 10.8 Å². The minimum Gasteiger partial charge on any atom is -0.352 e. The van der Waals surface area contributed by atoms with Crippen molar-refractivity contribution in [3.63, 3.8) is 0 Å². The fraction of sp³-hybridized carbons (Fsp3) is 0.355. The molecule has 0 radical (unpaired) electrons. The third-order valence-corrected chi connectivity index (χ3v) is 9.18. The van der Waals surface area contributed by atoms with E-state index in [0.29, 0.717) is 5.56 Å². The zero-order valence-corrected chi connectivity index (χ0v) is 24.0. The first-order valence-electron chi connectivity index (χ1n) is 13.7. The molecule has 0 heterocycles. The molecular weight excluding hydrogens is 548 g/mol. The average Bonchev–Trinajstić information content (AvgIpc) is 2.96. The van der Waals surface area contributed by atoms with Crippen LogP contribution in [0.3, 0.4) is 0 Å². The standard InChI is InChI=1S/C31H35F2N3O4S/c1-22-8-18-29(19-9-22)41(39,40)36(28-16-14-26(33)15-17-28)21-30(37)35(20-24-10-12-25(32)13-11-24)23(2)31(38)34-27-6-4-3-5-7-27/h8-19,23,27H,3-7,20-21H2,1-2H3,(H,34,38)/t23-/m1/s1. The van der Waals surface area contributed by atoms with E-state index in [9.17, 15) is 26.8 Å².